The molecular formula is C29H32N4O2. The summed E-state index contributed by atoms with van der Waals surface area (Å²) in [5.41, 5.74) is 4.49. The van der Waals surface area contributed by atoms with Gasteiger partial charge in [-0.3, -0.25) is 9.59 Å². The van der Waals surface area contributed by atoms with Crippen LogP contribution in [-0.4, -0.2) is 41.5 Å². The summed E-state index contributed by atoms with van der Waals surface area (Å²) in [6.07, 6.45) is 9.10. The highest BCUT2D eigenvalue weighted by atomic mass is 16.2. The van der Waals surface area contributed by atoms with E-state index in [1.54, 1.807) is 12.3 Å². The van der Waals surface area contributed by atoms with Crippen LogP contribution in [0.15, 0.2) is 53.5 Å². The quantitative estimate of drug-likeness (QED) is 0.588. The van der Waals surface area contributed by atoms with Gasteiger partial charge in [0, 0.05) is 31.4 Å². The molecule has 0 saturated heterocycles. The summed E-state index contributed by atoms with van der Waals surface area (Å²) in [6.45, 7) is 3.24. The Morgan fingerprint density at radius 2 is 1.86 bits per heavy atom. The molecule has 5 rings (SSSR count). The Bertz CT molecular complexity index is 1310. The van der Waals surface area contributed by atoms with Crippen LogP contribution in [0.4, 0.5) is 0 Å². The van der Waals surface area contributed by atoms with Gasteiger partial charge in [-0.1, -0.05) is 12.1 Å². The van der Waals surface area contributed by atoms with E-state index >= 15 is 0 Å². The van der Waals surface area contributed by atoms with Crippen LogP contribution in [0.2, 0.25) is 0 Å². The highest BCUT2D eigenvalue weighted by molar-refractivity contribution is 6.06. The molecule has 0 bridgehead atoms. The first-order valence-electron chi connectivity index (χ1n) is 12.8. The summed E-state index contributed by atoms with van der Waals surface area (Å²) >= 11 is 0. The molecule has 0 atom stereocenters. The Labute approximate surface area is 206 Å². The largest absolute Gasteiger partial charge is 0.361 e. The SMILES string of the molecule is N#Cc1ccc2c(c1)CCN(CCC1CCC(NC(=O)c3cccc4[nH]ccc(=O)c34)CC1)CC2. The second-order valence-corrected chi connectivity index (χ2v) is 9.99. The van der Waals surface area contributed by atoms with Crippen LogP contribution in [0, 0.1) is 17.2 Å². The number of nitrogens with one attached hydrogen (secondary N) is 2. The van der Waals surface area contributed by atoms with Crippen molar-refractivity contribution < 1.29 is 4.79 Å². The zero-order chi connectivity index (χ0) is 24.2. The molecule has 2 aromatic carbocycles. The average molecular weight is 469 g/mol. The molecule has 6 nitrogen and oxygen atoms in total. The fourth-order valence-corrected chi connectivity index (χ4v) is 5.71. The Balaban J connectivity index is 1.10. The Morgan fingerprint density at radius 1 is 1.06 bits per heavy atom. The Hall–Kier alpha value is -3.43. The lowest BCUT2D eigenvalue weighted by atomic mass is 9.84. The lowest BCUT2D eigenvalue weighted by Crippen LogP contribution is -2.38. The average Bonchev–Trinajstić information content (AvgIpc) is 3.10. The van der Waals surface area contributed by atoms with Gasteiger partial charge in [-0.25, -0.2) is 0 Å². The van der Waals surface area contributed by atoms with E-state index in [2.05, 4.69) is 33.4 Å². The Kier molecular flexibility index (Phi) is 6.96. The molecule has 1 aromatic heterocycles. The maximum absolute atomic E-state index is 13.0. The monoisotopic (exact) mass is 468 g/mol. The third-order valence-corrected chi connectivity index (χ3v) is 7.79. The topological polar surface area (TPSA) is 89.0 Å². The van der Waals surface area contributed by atoms with Crippen molar-refractivity contribution in [3.8, 4) is 6.07 Å². The molecule has 180 valence electrons. The summed E-state index contributed by atoms with van der Waals surface area (Å²) in [5.74, 6) is 0.541. The first-order chi connectivity index (χ1) is 17.1. The maximum atomic E-state index is 13.0. The van der Waals surface area contributed by atoms with Crippen molar-refractivity contribution in [1.82, 2.24) is 15.2 Å². The molecular weight excluding hydrogens is 436 g/mol. The number of aromatic nitrogens is 1. The van der Waals surface area contributed by atoms with Crippen LogP contribution in [-0.2, 0) is 12.8 Å². The fraction of sp³-hybridized carbons (Fsp3) is 0.414. The van der Waals surface area contributed by atoms with Crippen LogP contribution in [0.5, 0.6) is 0 Å². The summed E-state index contributed by atoms with van der Waals surface area (Å²) < 4.78 is 0. The van der Waals surface area contributed by atoms with Crippen molar-refractivity contribution in [3.63, 3.8) is 0 Å². The number of fused-ring (bicyclic) bond motifs is 2. The van der Waals surface area contributed by atoms with Crippen molar-refractivity contribution in [2.75, 3.05) is 19.6 Å². The molecule has 1 saturated carbocycles. The minimum absolute atomic E-state index is 0.129. The van der Waals surface area contributed by atoms with Gasteiger partial charge < -0.3 is 15.2 Å². The molecule has 2 N–H and O–H groups in total. The van der Waals surface area contributed by atoms with Gasteiger partial charge in [0.25, 0.3) is 5.91 Å². The summed E-state index contributed by atoms with van der Waals surface area (Å²) in [6, 6.07) is 15.4. The number of nitriles is 1. The predicted octanol–water partition coefficient (Wildman–Crippen LogP) is 4.18. The van der Waals surface area contributed by atoms with Gasteiger partial charge in [0.2, 0.25) is 0 Å². The third kappa shape index (κ3) is 5.31. The van der Waals surface area contributed by atoms with E-state index in [4.69, 9.17) is 0 Å². The number of pyridine rings is 1. The molecule has 6 heteroatoms. The second-order valence-electron chi connectivity index (χ2n) is 9.99. The number of carbonyl (C=O) groups excluding carboxylic acids is 1. The molecule has 1 aliphatic heterocycles. The highest BCUT2D eigenvalue weighted by Crippen LogP contribution is 2.28. The normalized spacial score (nSPS) is 20.5. The van der Waals surface area contributed by atoms with Crippen LogP contribution < -0.4 is 10.7 Å². The number of nitrogens with zero attached hydrogens (tertiary/aromatic N) is 2. The number of benzene rings is 2. The molecule has 2 aliphatic rings. The Morgan fingerprint density at radius 3 is 2.66 bits per heavy atom. The van der Waals surface area contributed by atoms with E-state index < -0.39 is 0 Å². The van der Waals surface area contributed by atoms with E-state index in [9.17, 15) is 14.9 Å². The molecule has 0 unspecified atom stereocenters. The zero-order valence-corrected chi connectivity index (χ0v) is 20.1. The summed E-state index contributed by atoms with van der Waals surface area (Å²) in [4.78, 5) is 30.9. The molecule has 35 heavy (non-hydrogen) atoms. The van der Waals surface area contributed by atoms with Gasteiger partial charge in [0.15, 0.2) is 5.43 Å². The van der Waals surface area contributed by atoms with Crippen molar-refractivity contribution in [2.45, 2.75) is 51.0 Å². The lowest BCUT2D eigenvalue weighted by Gasteiger charge is -2.31. The number of hydrogen-bond acceptors (Lipinski definition) is 4. The molecule has 1 amide bonds. The van der Waals surface area contributed by atoms with E-state index in [1.807, 2.05) is 18.2 Å². The van der Waals surface area contributed by atoms with E-state index in [-0.39, 0.29) is 17.4 Å². The van der Waals surface area contributed by atoms with Crippen LogP contribution in [0.3, 0.4) is 0 Å². The molecule has 3 aromatic rings. The minimum atomic E-state index is -0.153. The summed E-state index contributed by atoms with van der Waals surface area (Å²) in [5, 5.41) is 12.8. The van der Waals surface area contributed by atoms with Crippen LogP contribution in [0.25, 0.3) is 10.9 Å². The van der Waals surface area contributed by atoms with Crippen molar-refractivity contribution >= 4 is 16.8 Å². The molecule has 1 fully saturated rings. The van der Waals surface area contributed by atoms with Crippen LogP contribution >= 0.6 is 0 Å². The van der Waals surface area contributed by atoms with Gasteiger partial charge in [0.05, 0.1) is 28.1 Å². The van der Waals surface area contributed by atoms with Crippen molar-refractivity contribution in [2.24, 2.45) is 5.92 Å². The second kappa shape index (κ2) is 10.5. The van der Waals surface area contributed by atoms with Crippen molar-refractivity contribution in [3.05, 3.63) is 81.1 Å². The smallest absolute Gasteiger partial charge is 0.252 e. The van der Waals surface area contributed by atoms with Crippen LogP contribution in [0.1, 0.15) is 59.2 Å². The van der Waals surface area contributed by atoms with Gasteiger partial charge in [-0.05, 0) is 92.8 Å². The molecule has 1 aliphatic carbocycles. The number of hydrogen-bond donors (Lipinski definition) is 2. The molecule has 2 heterocycles. The van der Waals surface area contributed by atoms with Gasteiger partial charge in [-0.2, -0.15) is 5.26 Å². The number of aromatic amines is 1. The van der Waals surface area contributed by atoms with E-state index in [0.29, 0.717) is 22.4 Å². The number of rotatable bonds is 5. The van der Waals surface area contributed by atoms with Gasteiger partial charge in [0.1, 0.15) is 0 Å². The first-order valence-corrected chi connectivity index (χ1v) is 12.8. The molecule has 0 radical (unpaired) electrons. The van der Waals surface area contributed by atoms with Crippen molar-refractivity contribution in [1.29, 1.82) is 5.26 Å². The maximum Gasteiger partial charge on any atom is 0.252 e. The van der Waals surface area contributed by atoms with E-state index in [0.717, 1.165) is 63.7 Å². The van der Waals surface area contributed by atoms with Gasteiger partial charge >= 0.3 is 0 Å². The fourth-order valence-electron chi connectivity index (χ4n) is 5.71. The molecule has 0 spiro atoms. The number of H-pyrrole nitrogens is 1. The van der Waals surface area contributed by atoms with Gasteiger partial charge in [-0.15, -0.1) is 0 Å². The standard InChI is InChI=1S/C29H32N4O2/c30-19-21-4-7-22-12-16-33(17-13-23(22)18-21)15-11-20-5-8-24(9-6-20)32-29(35)25-2-1-3-26-28(25)27(34)10-14-31-26/h1-4,7,10,14,18,20,24H,5-6,8-9,11-13,15-17H2,(H,31,34)(H,32,35). The highest BCUT2D eigenvalue weighted by Gasteiger charge is 2.24. The number of carbonyl (C=O) groups is 1. The predicted molar refractivity (Wildman–Crippen MR) is 137 cm³/mol. The number of amides is 1. The summed E-state index contributed by atoms with van der Waals surface area (Å²) in [7, 11) is 0. The minimum Gasteiger partial charge on any atom is -0.361 e. The zero-order valence-electron chi connectivity index (χ0n) is 20.1. The third-order valence-electron chi connectivity index (χ3n) is 7.79. The first kappa shape index (κ1) is 23.3. The van der Waals surface area contributed by atoms with E-state index in [1.165, 1.54) is 23.6 Å². The lowest BCUT2D eigenvalue weighted by molar-refractivity contribution is 0.0921.